The van der Waals surface area contributed by atoms with Gasteiger partial charge in [-0.15, -0.1) is 0 Å². The van der Waals surface area contributed by atoms with Crippen LogP contribution in [-0.2, 0) is 14.3 Å². The number of ether oxygens (including phenoxy) is 1. The number of hydrogen-bond donors (Lipinski definition) is 0. The highest BCUT2D eigenvalue weighted by atomic mass is 16.5. The van der Waals surface area contributed by atoms with E-state index in [9.17, 15) is 9.59 Å². The van der Waals surface area contributed by atoms with Crippen molar-refractivity contribution in [3.05, 3.63) is 6.42 Å². The molecule has 2 aliphatic heterocycles. The van der Waals surface area contributed by atoms with Crippen LogP contribution in [0.5, 0.6) is 0 Å². The highest BCUT2D eigenvalue weighted by molar-refractivity contribution is 5.94. The van der Waals surface area contributed by atoms with E-state index in [1.165, 1.54) is 32.1 Å². The van der Waals surface area contributed by atoms with Crippen molar-refractivity contribution in [3.8, 4) is 0 Å². The third-order valence-electron chi connectivity index (χ3n) is 4.75. The van der Waals surface area contributed by atoms with Gasteiger partial charge < -0.3 is 9.64 Å². The van der Waals surface area contributed by atoms with Gasteiger partial charge in [0, 0.05) is 6.54 Å². The van der Waals surface area contributed by atoms with E-state index in [2.05, 4.69) is 0 Å². The molecule has 2 unspecified atom stereocenters. The molecule has 2 heterocycles. The lowest BCUT2D eigenvalue weighted by atomic mass is 9.86. The van der Waals surface area contributed by atoms with E-state index in [1.807, 2.05) is 6.42 Å². The Kier molecular flexibility index (Phi) is 3.87. The van der Waals surface area contributed by atoms with E-state index in [-0.39, 0.29) is 30.4 Å². The Morgan fingerprint density at radius 3 is 2.84 bits per heavy atom. The van der Waals surface area contributed by atoms with Crippen LogP contribution in [0.25, 0.3) is 0 Å². The van der Waals surface area contributed by atoms with Gasteiger partial charge >= 0.3 is 0 Å². The molecule has 2 saturated heterocycles. The molecule has 1 aliphatic carbocycles. The molecule has 3 rings (SSSR count). The molecule has 3 fully saturated rings. The van der Waals surface area contributed by atoms with Crippen LogP contribution in [-0.4, -0.2) is 41.9 Å². The van der Waals surface area contributed by atoms with Crippen molar-refractivity contribution in [2.45, 2.75) is 57.1 Å². The van der Waals surface area contributed by atoms with E-state index in [1.54, 1.807) is 4.90 Å². The van der Waals surface area contributed by atoms with Gasteiger partial charge in [-0.2, -0.15) is 0 Å². The predicted octanol–water partition coefficient (Wildman–Crippen LogP) is 1.73. The van der Waals surface area contributed by atoms with Gasteiger partial charge in [0.2, 0.25) is 5.91 Å². The van der Waals surface area contributed by atoms with Gasteiger partial charge in [0.1, 0.15) is 12.6 Å². The van der Waals surface area contributed by atoms with Crippen LogP contribution >= 0.6 is 0 Å². The minimum absolute atomic E-state index is 0.0388. The summed E-state index contributed by atoms with van der Waals surface area (Å²) in [6.07, 6.45) is 9.88. The second kappa shape index (κ2) is 5.61. The first-order valence-corrected chi connectivity index (χ1v) is 7.54. The van der Waals surface area contributed by atoms with E-state index in [0.29, 0.717) is 12.5 Å². The zero-order valence-electron chi connectivity index (χ0n) is 11.3. The van der Waals surface area contributed by atoms with Crippen LogP contribution < -0.4 is 0 Å². The molecule has 1 amide bonds. The Bertz CT molecular complexity index is 362. The summed E-state index contributed by atoms with van der Waals surface area (Å²) in [4.78, 5) is 25.7. The molecule has 19 heavy (non-hydrogen) atoms. The van der Waals surface area contributed by atoms with Gasteiger partial charge in [-0.05, 0) is 18.8 Å². The second-order valence-corrected chi connectivity index (χ2v) is 6.02. The van der Waals surface area contributed by atoms with Crippen molar-refractivity contribution in [1.82, 2.24) is 4.90 Å². The first kappa shape index (κ1) is 13.1. The molecule has 2 atom stereocenters. The zero-order valence-corrected chi connectivity index (χ0v) is 11.3. The number of likely N-dealkylation sites (tertiary alicyclic amines) is 1. The summed E-state index contributed by atoms with van der Waals surface area (Å²) in [7, 11) is 0. The summed E-state index contributed by atoms with van der Waals surface area (Å²) in [5, 5.41) is 0. The molecule has 4 heteroatoms. The maximum atomic E-state index is 12.2. The molecule has 3 aliphatic rings. The third kappa shape index (κ3) is 2.69. The van der Waals surface area contributed by atoms with E-state index in [4.69, 9.17) is 4.74 Å². The lowest BCUT2D eigenvalue weighted by Gasteiger charge is -2.24. The summed E-state index contributed by atoms with van der Waals surface area (Å²) in [5.74, 6) is 0.783. The Morgan fingerprint density at radius 2 is 2.05 bits per heavy atom. The summed E-state index contributed by atoms with van der Waals surface area (Å²) in [5.41, 5.74) is 0. The number of Topliss-reactive ketones (excluding diaryl/α,β-unsaturated/α-hetero) is 1. The number of carbonyl (C=O) groups excluding carboxylic acids is 2. The minimum atomic E-state index is -0.296. The van der Waals surface area contributed by atoms with Gasteiger partial charge in [-0.25, -0.2) is 0 Å². The summed E-state index contributed by atoms with van der Waals surface area (Å²) in [6, 6.07) is -0.296. The third-order valence-corrected chi connectivity index (χ3v) is 4.75. The standard InChI is InChI=1S/C15H22NO3/c17-12-10-19-13-8-9-16(15(12)13)14(18)7-6-11-4-2-1-3-5-11/h7,11,13,15H,1-6,8-10H2. The molecule has 4 nitrogen and oxygen atoms in total. The zero-order chi connectivity index (χ0) is 13.2. The van der Waals surface area contributed by atoms with Crippen molar-refractivity contribution in [3.63, 3.8) is 0 Å². The molecule has 0 N–H and O–H groups in total. The van der Waals surface area contributed by atoms with Crippen LogP contribution in [0.1, 0.15) is 44.9 Å². The largest absolute Gasteiger partial charge is 0.368 e. The quantitative estimate of drug-likeness (QED) is 0.780. The first-order chi connectivity index (χ1) is 9.25. The molecule has 105 valence electrons. The fourth-order valence-electron chi connectivity index (χ4n) is 3.65. The number of hydrogen-bond acceptors (Lipinski definition) is 3. The van der Waals surface area contributed by atoms with Crippen LogP contribution in [0.2, 0.25) is 0 Å². The van der Waals surface area contributed by atoms with E-state index < -0.39 is 0 Å². The van der Waals surface area contributed by atoms with Gasteiger partial charge in [0.15, 0.2) is 5.78 Å². The Morgan fingerprint density at radius 1 is 1.26 bits per heavy atom. The molecular weight excluding hydrogens is 242 g/mol. The van der Waals surface area contributed by atoms with Crippen molar-refractivity contribution in [1.29, 1.82) is 0 Å². The molecule has 1 radical (unpaired) electrons. The maximum absolute atomic E-state index is 12.2. The highest BCUT2D eigenvalue weighted by Gasteiger charge is 2.46. The van der Waals surface area contributed by atoms with E-state index >= 15 is 0 Å². The average Bonchev–Trinajstić information content (AvgIpc) is 3.01. The van der Waals surface area contributed by atoms with Crippen LogP contribution in [0.15, 0.2) is 0 Å². The van der Waals surface area contributed by atoms with Gasteiger partial charge in [0.25, 0.3) is 0 Å². The SMILES string of the molecule is O=C1COC2CCN(C(=O)[CH]CC3CCCCC3)C12. The number of carbonyl (C=O) groups is 2. The van der Waals surface area contributed by atoms with Gasteiger partial charge in [-0.1, -0.05) is 32.1 Å². The molecule has 0 aromatic carbocycles. The number of amides is 1. The average molecular weight is 264 g/mol. The minimum Gasteiger partial charge on any atom is -0.368 e. The van der Waals surface area contributed by atoms with Crippen molar-refractivity contribution < 1.29 is 14.3 Å². The summed E-state index contributed by atoms with van der Waals surface area (Å²) >= 11 is 0. The monoisotopic (exact) mass is 264 g/mol. The van der Waals surface area contributed by atoms with Crippen LogP contribution in [0.4, 0.5) is 0 Å². The molecule has 0 aromatic rings. The van der Waals surface area contributed by atoms with Crippen LogP contribution in [0.3, 0.4) is 0 Å². The van der Waals surface area contributed by atoms with Gasteiger partial charge in [0.05, 0.1) is 12.5 Å². The van der Waals surface area contributed by atoms with Crippen molar-refractivity contribution in [2.75, 3.05) is 13.2 Å². The number of rotatable bonds is 3. The molecular formula is C15H22NO3. The fraction of sp³-hybridized carbons (Fsp3) is 0.800. The smallest absolute Gasteiger partial charge is 0.227 e. The lowest BCUT2D eigenvalue weighted by Crippen LogP contribution is -2.42. The number of fused-ring (bicyclic) bond motifs is 1. The highest BCUT2D eigenvalue weighted by Crippen LogP contribution is 2.30. The van der Waals surface area contributed by atoms with Crippen LogP contribution in [0, 0.1) is 12.3 Å². The Hall–Kier alpha value is -0.900. The second-order valence-electron chi connectivity index (χ2n) is 6.02. The summed E-state index contributed by atoms with van der Waals surface area (Å²) in [6.45, 7) is 0.850. The topological polar surface area (TPSA) is 46.6 Å². The molecule has 0 bridgehead atoms. The van der Waals surface area contributed by atoms with Gasteiger partial charge in [-0.3, -0.25) is 9.59 Å². The lowest BCUT2D eigenvalue weighted by molar-refractivity contribution is -0.133. The number of ketones is 1. The Labute approximate surface area is 114 Å². The van der Waals surface area contributed by atoms with Crippen molar-refractivity contribution >= 4 is 11.7 Å². The van der Waals surface area contributed by atoms with Crippen molar-refractivity contribution in [2.24, 2.45) is 5.92 Å². The molecule has 0 spiro atoms. The predicted molar refractivity (Wildman–Crippen MR) is 70.4 cm³/mol. The first-order valence-electron chi connectivity index (χ1n) is 7.54. The molecule has 0 aromatic heterocycles. The summed E-state index contributed by atoms with van der Waals surface area (Å²) < 4.78 is 5.41. The number of nitrogens with zero attached hydrogens (tertiary/aromatic N) is 1. The normalized spacial score (nSPS) is 31.8. The molecule has 1 saturated carbocycles. The maximum Gasteiger partial charge on any atom is 0.227 e. The Balaban J connectivity index is 1.51. The van der Waals surface area contributed by atoms with E-state index in [0.717, 1.165) is 12.8 Å². The fourth-order valence-corrected chi connectivity index (χ4v) is 3.65.